The molecule has 1 aromatic rings. The summed E-state index contributed by atoms with van der Waals surface area (Å²) in [6.45, 7) is 2.55. The number of aliphatic carboxylic acids is 1. The van der Waals surface area contributed by atoms with Gasteiger partial charge in [-0.25, -0.2) is 0 Å². The number of hydrogen-bond acceptors (Lipinski definition) is 2. The number of rotatable bonds is 4. The first-order chi connectivity index (χ1) is 9.74. The van der Waals surface area contributed by atoms with E-state index < -0.39 is 5.97 Å². The van der Waals surface area contributed by atoms with Crippen LogP contribution < -0.4 is 0 Å². The Morgan fingerprint density at radius 1 is 1.15 bits per heavy atom. The number of carbonyl (C=O) groups is 1. The summed E-state index contributed by atoms with van der Waals surface area (Å²) in [6.07, 6.45) is 5.03. The normalized spacial score (nSPS) is 28.0. The highest BCUT2D eigenvalue weighted by Gasteiger charge is 2.42. The summed E-state index contributed by atoms with van der Waals surface area (Å²) >= 11 is 0. The van der Waals surface area contributed by atoms with Crippen molar-refractivity contribution in [3.05, 3.63) is 35.9 Å². The van der Waals surface area contributed by atoms with Crippen molar-refractivity contribution in [2.24, 2.45) is 17.8 Å². The third kappa shape index (κ3) is 2.88. The quantitative estimate of drug-likeness (QED) is 0.916. The second-order valence-electron chi connectivity index (χ2n) is 6.33. The van der Waals surface area contributed by atoms with Crippen LogP contribution in [0.5, 0.6) is 0 Å². The van der Waals surface area contributed by atoms with Crippen molar-refractivity contribution < 1.29 is 9.90 Å². The molecule has 1 N–H and O–H groups in total. The van der Waals surface area contributed by atoms with Crippen molar-refractivity contribution in [2.45, 2.75) is 32.2 Å². The van der Waals surface area contributed by atoms with Gasteiger partial charge in [-0.05, 0) is 17.4 Å². The Bertz CT molecular complexity index is 453. The van der Waals surface area contributed by atoms with Crippen LogP contribution in [0, 0.1) is 17.8 Å². The lowest BCUT2D eigenvalue weighted by Gasteiger charge is -2.21. The first kappa shape index (κ1) is 13.6. The van der Waals surface area contributed by atoms with Crippen molar-refractivity contribution >= 4 is 5.97 Å². The molecule has 20 heavy (non-hydrogen) atoms. The van der Waals surface area contributed by atoms with E-state index in [1.165, 1.54) is 31.2 Å². The molecular formula is C17H23NO2. The Morgan fingerprint density at radius 3 is 2.50 bits per heavy atom. The van der Waals surface area contributed by atoms with Gasteiger partial charge in [0, 0.05) is 19.6 Å². The van der Waals surface area contributed by atoms with Gasteiger partial charge in [-0.3, -0.25) is 9.69 Å². The largest absolute Gasteiger partial charge is 0.481 e. The zero-order chi connectivity index (χ0) is 13.9. The lowest BCUT2D eigenvalue weighted by molar-refractivity contribution is -0.143. The molecular weight excluding hydrogens is 250 g/mol. The van der Waals surface area contributed by atoms with Crippen LogP contribution in [-0.2, 0) is 11.3 Å². The van der Waals surface area contributed by atoms with Crippen LogP contribution in [0.4, 0.5) is 0 Å². The monoisotopic (exact) mass is 273 g/mol. The minimum absolute atomic E-state index is 0.165. The van der Waals surface area contributed by atoms with Crippen LogP contribution in [-0.4, -0.2) is 29.1 Å². The molecule has 0 spiro atoms. The van der Waals surface area contributed by atoms with Gasteiger partial charge in [0.25, 0.3) is 0 Å². The van der Waals surface area contributed by atoms with Crippen molar-refractivity contribution in [1.82, 2.24) is 4.90 Å². The molecule has 2 atom stereocenters. The predicted octanol–water partition coefficient (Wildman–Crippen LogP) is 3.01. The summed E-state index contributed by atoms with van der Waals surface area (Å²) in [5.74, 6) is 0.231. The molecule has 1 heterocycles. The third-order valence-electron chi connectivity index (χ3n) is 5.01. The van der Waals surface area contributed by atoms with Crippen LogP contribution in [0.1, 0.15) is 31.2 Å². The number of benzene rings is 1. The summed E-state index contributed by atoms with van der Waals surface area (Å²) in [5, 5.41) is 9.50. The molecule has 0 amide bonds. The van der Waals surface area contributed by atoms with Crippen molar-refractivity contribution in [1.29, 1.82) is 0 Å². The molecule has 1 aromatic carbocycles. The highest BCUT2D eigenvalue weighted by atomic mass is 16.4. The Kier molecular flexibility index (Phi) is 4.06. The lowest BCUT2D eigenvalue weighted by Crippen LogP contribution is -2.26. The van der Waals surface area contributed by atoms with E-state index in [2.05, 4.69) is 29.2 Å². The maximum atomic E-state index is 11.5. The molecule has 3 rings (SSSR count). The highest BCUT2D eigenvalue weighted by Crippen LogP contribution is 2.39. The maximum Gasteiger partial charge on any atom is 0.308 e. The number of likely N-dealkylation sites (tertiary alicyclic amines) is 1. The van der Waals surface area contributed by atoms with Crippen molar-refractivity contribution in [3.63, 3.8) is 0 Å². The van der Waals surface area contributed by atoms with Gasteiger partial charge in [-0.15, -0.1) is 0 Å². The van der Waals surface area contributed by atoms with Crippen LogP contribution in [0.15, 0.2) is 30.3 Å². The van der Waals surface area contributed by atoms with Crippen molar-refractivity contribution in [3.8, 4) is 0 Å². The SMILES string of the molecule is O=C(O)[C@@H]1CN(Cc2ccccc2)C[C@H]1C1CCCC1. The Balaban J connectivity index is 1.68. The van der Waals surface area contributed by atoms with Gasteiger partial charge in [-0.1, -0.05) is 56.0 Å². The van der Waals surface area contributed by atoms with E-state index in [0.29, 0.717) is 18.4 Å². The molecule has 2 fully saturated rings. The molecule has 3 nitrogen and oxygen atoms in total. The number of carboxylic acids is 1. The van der Waals surface area contributed by atoms with Gasteiger partial charge in [0.15, 0.2) is 0 Å². The second-order valence-corrected chi connectivity index (χ2v) is 6.33. The van der Waals surface area contributed by atoms with Crippen LogP contribution in [0.2, 0.25) is 0 Å². The van der Waals surface area contributed by atoms with E-state index in [1.807, 2.05) is 6.07 Å². The van der Waals surface area contributed by atoms with E-state index in [-0.39, 0.29) is 5.92 Å². The van der Waals surface area contributed by atoms with E-state index in [1.54, 1.807) is 0 Å². The number of nitrogens with zero attached hydrogens (tertiary/aromatic N) is 1. The van der Waals surface area contributed by atoms with Gasteiger partial charge in [0.2, 0.25) is 0 Å². The standard InChI is InChI=1S/C17H23NO2/c19-17(20)16-12-18(10-13-6-2-1-3-7-13)11-15(16)14-8-4-5-9-14/h1-3,6-7,14-16H,4-5,8-12H2,(H,19,20)/t15-,16+/m0/s1. The second kappa shape index (κ2) is 5.96. The molecule has 1 aliphatic carbocycles. The molecule has 108 valence electrons. The topological polar surface area (TPSA) is 40.5 Å². The molecule has 2 aliphatic rings. The fraction of sp³-hybridized carbons (Fsp3) is 0.588. The summed E-state index contributed by atoms with van der Waals surface area (Å²) in [7, 11) is 0. The summed E-state index contributed by atoms with van der Waals surface area (Å²) in [5.41, 5.74) is 1.28. The minimum Gasteiger partial charge on any atom is -0.481 e. The number of carboxylic acid groups (broad SMARTS) is 1. The molecule has 1 aliphatic heterocycles. The van der Waals surface area contributed by atoms with Crippen LogP contribution in [0.3, 0.4) is 0 Å². The first-order valence-electron chi connectivity index (χ1n) is 7.73. The van der Waals surface area contributed by atoms with Gasteiger partial charge < -0.3 is 5.11 Å². The molecule has 0 aromatic heterocycles. The molecule has 1 saturated carbocycles. The Labute approximate surface area is 120 Å². The van der Waals surface area contributed by atoms with Crippen LogP contribution in [0.25, 0.3) is 0 Å². The van der Waals surface area contributed by atoms with E-state index in [9.17, 15) is 9.90 Å². The van der Waals surface area contributed by atoms with Gasteiger partial charge in [0.05, 0.1) is 5.92 Å². The highest BCUT2D eigenvalue weighted by molar-refractivity contribution is 5.71. The predicted molar refractivity (Wildman–Crippen MR) is 78.3 cm³/mol. The zero-order valence-electron chi connectivity index (χ0n) is 11.9. The fourth-order valence-electron chi connectivity index (χ4n) is 4.01. The smallest absolute Gasteiger partial charge is 0.308 e. The molecule has 0 unspecified atom stereocenters. The van der Waals surface area contributed by atoms with Gasteiger partial charge in [-0.2, -0.15) is 0 Å². The molecule has 1 saturated heterocycles. The number of hydrogen-bond donors (Lipinski definition) is 1. The Morgan fingerprint density at radius 2 is 1.85 bits per heavy atom. The van der Waals surface area contributed by atoms with Crippen molar-refractivity contribution in [2.75, 3.05) is 13.1 Å². The summed E-state index contributed by atoms with van der Waals surface area (Å²) in [4.78, 5) is 13.9. The molecule has 3 heteroatoms. The molecule has 0 radical (unpaired) electrons. The first-order valence-corrected chi connectivity index (χ1v) is 7.73. The van der Waals surface area contributed by atoms with Crippen LogP contribution >= 0.6 is 0 Å². The lowest BCUT2D eigenvalue weighted by atomic mass is 9.83. The Hall–Kier alpha value is -1.35. The van der Waals surface area contributed by atoms with Gasteiger partial charge >= 0.3 is 5.97 Å². The average molecular weight is 273 g/mol. The van der Waals surface area contributed by atoms with E-state index in [0.717, 1.165) is 13.1 Å². The summed E-state index contributed by atoms with van der Waals surface area (Å²) in [6, 6.07) is 10.4. The van der Waals surface area contributed by atoms with Gasteiger partial charge in [0.1, 0.15) is 0 Å². The van der Waals surface area contributed by atoms with E-state index >= 15 is 0 Å². The fourth-order valence-corrected chi connectivity index (χ4v) is 4.01. The zero-order valence-corrected chi connectivity index (χ0v) is 11.9. The third-order valence-corrected chi connectivity index (χ3v) is 5.01. The minimum atomic E-state index is -0.600. The van der Waals surface area contributed by atoms with E-state index in [4.69, 9.17) is 0 Å². The molecule has 0 bridgehead atoms. The summed E-state index contributed by atoms with van der Waals surface area (Å²) < 4.78 is 0. The maximum absolute atomic E-state index is 11.5. The average Bonchev–Trinajstić information content (AvgIpc) is 3.08.